The predicted molar refractivity (Wildman–Crippen MR) is 109 cm³/mol. The van der Waals surface area contributed by atoms with Gasteiger partial charge in [0.05, 0.1) is 16.9 Å². The van der Waals surface area contributed by atoms with E-state index >= 15 is 0 Å². The van der Waals surface area contributed by atoms with Crippen molar-refractivity contribution in [1.29, 1.82) is 0 Å². The number of aromatic amines is 1. The second kappa shape index (κ2) is 6.28. The zero-order valence-corrected chi connectivity index (χ0v) is 16.7. The van der Waals surface area contributed by atoms with Crippen molar-refractivity contribution in [3.8, 4) is 11.5 Å². The Morgan fingerprint density at radius 3 is 2.80 bits per heavy atom. The molecule has 3 aromatic heterocycles. The summed E-state index contributed by atoms with van der Waals surface area (Å²) in [6.07, 6.45) is 8.55. The molecule has 30 heavy (non-hydrogen) atoms. The number of hydrogen-bond donors (Lipinski definition) is 4. The number of aliphatic hydroxyl groups is 1. The van der Waals surface area contributed by atoms with Crippen molar-refractivity contribution in [1.82, 2.24) is 25.5 Å². The van der Waals surface area contributed by atoms with Crippen LogP contribution in [-0.2, 0) is 0 Å². The lowest BCUT2D eigenvalue weighted by atomic mass is 9.52. The van der Waals surface area contributed by atoms with E-state index < -0.39 is 11.5 Å². The van der Waals surface area contributed by atoms with Crippen molar-refractivity contribution in [2.75, 3.05) is 12.4 Å². The van der Waals surface area contributed by atoms with Crippen LogP contribution < -0.4 is 10.6 Å². The average molecular weight is 408 g/mol. The molecule has 4 aliphatic carbocycles. The van der Waals surface area contributed by atoms with Crippen LogP contribution in [0.3, 0.4) is 0 Å². The molecule has 3 heterocycles. The quantitative estimate of drug-likeness (QED) is 0.521. The van der Waals surface area contributed by atoms with Crippen LogP contribution in [0, 0.1) is 17.8 Å². The van der Waals surface area contributed by atoms with E-state index in [1.807, 2.05) is 12.3 Å². The standard InChI is InChI=1S/C21H24N6O3/c1-22-18(28)20-27-26-19(30-20)14-9-24-17-13(2-3-23-17)16(14)25-15-11-4-10-5-12(15)8-21(29,6-10)7-11/h2-3,9-12,15,29H,4-8H2,1H3,(H,22,28)(H2,23,24,25)/t10?,11-,12+,15?,21?. The molecule has 0 aliphatic heterocycles. The Bertz CT molecular complexity index is 1120. The number of anilines is 1. The first kappa shape index (κ1) is 17.9. The van der Waals surface area contributed by atoms with E-state index in [9.17, 15) is 9.90 Å². The largest absolute Gasteiger partial charge is 0.412 e. The smallest absolute Gasteiger partial charge is 0.308 e. The van der Waals surface area contributed by atoms with Gasteiger partial charge < -0.3 is 25.1 Å². The lowest BCUT2D eigenvalue weighted by molar-refractivity contribution is -0.129. The van der Waals surface area contributed by atoms with Gasteiger partial charge in [0.1, 0.15) is 5.65 Å². The van der Waals surface area contributed by atoms with Gasteiger partial charge in [0.2, 0.25) is 0 Å². The summed E-state index contributed by atoms with van der Waals surface area (Å²) in [7, 11) is 1.52. The molecule has 9 heteroatoms. The fourth-order valence-corrected chi connectivity index (χ4v) is 6.24. The van der Waals surface area contributed by atoms with Crippen molar-refractivity contribution in [3.63, 3.8) is 0 Å². The van der Waals surface area contributed by atoms with Crippen LogP contribution in [0.2, 0.25) is 0 Å². The maximum Gasteiger partial charge on any atom is 0.308 e. The van der Waals surface area contributed by atoms with Gasteiger partial charge in [-0.2, -0.15) is 0 Å². The molecular weight excluding hydrogens is 384 g/mol. The third-order valence-electron chi connectivity index (χ3n) is 7.22. The van der Waals surface area contributed by atoms with E-state index in [0.717, 1.165) is 48.8 Å². The number of aromatic nitrogens is 4. The molecule has 7 rings (SSSR count). The van der Waals surface area contributed by atoms with Gasteiger partial charge in [-0.15, -0.1) is 10.2 Å². The molecule has 0 aromatic carbocycles. The minimum Gasteiger partial charge on any atom is -0.412 e. The van der Waals surface area contributed by atoms with Crippen molar-refractivity contribution in [2.45, 2.75) is 43.7 Å². The lowest BCUT2D eigenvalue weighted by Crippen LogP contribution is -2.59. The lowest BCUT2D eigenvalue weighted by Gasteiger charge is -2.58. The highest BCUT2D eigenvalue weighted by molar-refractivity contribution is 5.97. The second-order valence-electron chi connectivity index (χ2n) is 9.14. The van der Waals surface area contributed by atoms with E-state index in [1.54, 1.807) is 6.20 Å². The minimum absolute atomic E-state index is 0.0792. The minimum atomic E-state index is -0.478. The van der Waals surface area contributed by atoms with Gasteiger partial charge in [0, 0.05) is 30.9 Å². The SMILES string of the molecule is CNC(=O)c1nnc(-c2cnc3[nH]ccc3c2NC2[C@@H]3CC4C[C@H]2CC(O)(C4)C3)o1. The predicted octanol–water partition coefficient (Wildman–Crippen LogP) is 2.32. The van der Waals surface area contributed by atoms with E-state index in [2.05, 4.69) is 30.8 Å². The molecule has 5 atom stereocenters. The highest BCUT2D eigenvalue weighted by Crippen LogP contribution is 2.56. The van der Waals surface area contributed by atoms with E-state index in [4.69, 9.17) is 4.42 Å². The number of hydrogen-bond acceptors (Lipinski definition) is 7. The Kier molecular flexibility index (Phi) is 3.74. The van der Waals surface area contributed by atoms with Gasteiger partial charge in [-0.1, -0.05) is 0 Å². The monoisotopic (exact) mass is 408 g/mol. The van der Waals surface area contributed by atoms with Crippen LogP contribution in [0.25, 0.3) is 22.5 Å². The van der Waals surface area contributed by atoms with Crippen molar-refractivity contribution >= 4 is 22.6 Å². The summed E-state index contributed by atoms with van der Waals surface area (Å²) in [4.78, 5) is 19.5. The summed E-state index contributed by atoms with van der Waals surface area (Å²) >= 11 is 0. The van der Waals surface area contributed by atoms with Crippen LogP contribution in [0.4, 0.5) is 5.69 Å². The summed E-state index contributed by atoms with van der Waals surface area (Å²) in [5.41, 5.74) is 1.86. The van der Waals surface area contributed by atoms with E-state index in [1.165, 1.54) is 7.05 Å². The molecule has 3 unspecified atom stereocenters. The Balaban J connectivity index is 1.40. The number of nitrogens with one attached hydrogen (secondary N) is 3. The van der Waals surface area contributed by atoms with Gasteiger partial charge in [0.15, 0.2) is 0 Å². The maximum atomic E-state index is 11.9. The first-order valence-corrected chi connectivity index (χ1v) is 10.5. The molecule has 4 bridgehead atoms. The Morgan fingerprint density at radius 2 is 2.07 bits per heavy atom. The van der Waals surface area contributed by atoms with Crippen molar-refractivity contribution < 1.29 is 14.3 Å². The fourth-order valence-electron chi connectivity index (χ4n) is 6.24. The highest BCUT2D eigenvalue weighted by atomic mass is 16.4. The Labute approximate surface area is 172 Å². The van der Waals surface area contributed by atoms with Gasteiger partial charge in [0.25, 0.3) is 5.89 Å². The van der Waals surface area contributed by atoms with Crippen LogP contribution in [0.1, 0.15) is 42.8 Å². The van der Waals surface area contributed by atoms with E-state index in [-0.39, 0.29) is 17.8 Å². The van der Waals surface area contributed by atoms with Gasteiger partial charge in [-0.25, -0.2) is 4.98 Å². The molecule has 4 saturated carbocycles. The number of H-pyrrole nitrogens is 1. The summed E-state index contributed by atoms with van der Waals surface area (Å²) in [6, 6.07) is 2.26. The van der Waals surface area contributed by atoms with Gasteiger partial charge in [-0.05, 0) is 55.9 Å². The van der Waals surface area contributed by atoms with Gasteiger partial charge in [-0.3, -0.25) is 4.79 Å². The number of carbonyl (C=O) groups excluding carboxylic acids is 1. The maximum absolute atomic E-state index is 11.9. The topological polar surface area (TPSA) is 129 Å². The number of carbonyl (C=O) groups is 1. The van der Waals surface area contributed by atoms with Crippen LogP contribution >= 0.6 is 0 Å². The molecule has 1 amide bonds. The van der Waals surface area contributed by atoms with Crippen molar-refractivity contribution in [3.05, 3.63) is 24.4 Å². The normalized spacial score (nSPS) is 31.9. The first-order valence-electron chi connectivity index (χ1n) is 10.5. The first-order chi connectivity index (χ1) is 14.5. The molecule has 4 N–H and O–H groups in total. The Hall–Kier alpha value is -2.94. The zero-order chi connectivity index (χ0) is 20.5. The van der Waals surface area contributed by atoms with Crippen LogP contribution in [-0.4, -0.2) is 49.9 Å². The van der Waals surface area contributed by atoms with E-state index in [0.29, 0.717) is 23.3 Å². The van der Waals surface area contributed by atoms with Crippen molar-refractivity contribution in [2.24, 2.45) is 17.8 Å². The molecule has 4 aliphatic rings. The fraction of sp³-hybridized carbons (Fsp3) is 0.524. The molecular formula is C21H24N6O3. The summed E-state index contributed by atoms with van der Waals surface area (Å²) in [6.45, 7) is 0. The molecule has 156 valence electrons. The summed E-state index contributed by atoms with van der Waals surface area (Å²) < 4.78 is 5.65. The zero-order valence-electron chi connectivity index (χ0n) is 16.7. The summed E-state index contributed by atoms with van der Waals surface area (Å²) in [5.74, 6) is 1.29. The third-order valence-corrected chi connectivity index (χ3v) is 7.22. The molecule has 4 fully saturated rings. The number of pyridine rings is 1. The number of rotatable bonds is 4. The highest BCUT2D eigenvalue weighted by Gasteiger charge is 2.54. The van der Waals surface area contributed by atoms with Gasteiger partial charge >= 0.3 is 11.8 Å². The third kappa shape index (κ3) is 2.64. The molecule has 0 saturated heterocycles. The molecule has 3 aromatic rings. The Morgan fingerprint density at radius 1 is 1.27 bits per heavy atom. The van der Waals surface area contributed by atoms with Crippen LogP contribution in [0.5, 0.6) is 0 Å². The van der Waals surface area contributed by atoms with Crippen LogP contribution in [0.15, 0.2) is 22.9 Å². The number of fused-ring (bicyclic) bond motifs is 1. The summed E-state index contributed by atoms with van der Waals surface area (Å²) in [5, 5.41) is 26.1. The number of nitrogens with zero attached hydrogens (tertiary/aromatic N) is 3. The molecule has 9 nitrogen and oxygen atoms in total. The molecule has 0 radical (unpaired) electrons. The average Bonchev–Trinajstić information content (AvgIpc) is 3.38. The number of amides is 1. The second-order valence-corrected chi connectivity index (χ2v) is 9.14. The molecule has 0 spiro atoms.